The number of aliphatic hydroxyl groups is 7. The second-order valence-corrected chi connectivity index (χ2v) is 16.9. The van der Waals surface area contributed by atoms with E-state index in [9.17, 15) is 40.5 Å². The number of carbonyl (C=O) groups is 1. The van der Waals surface area contributed by atoms with Crippen molar-refractivity contribution in [2.24, 2.45) is 0 Å². The minimum Gasteiger partial charge on any atom is -0.457 e. The Labute approximate surface area is 367 Å². The molecule has 0 aromatic heterocycles. The van der Waals surface area contributed by atoms with Gasteiger partial charge in [-0.1, -0.05) is 141 Å². The quantitative estimate of drug-likeness (QED) is 0.0215. The molecule has 2 aliphatic heterocycles. The van der Waals surface area contributed by atoms with Crippen molar-refractivity contribution in [2.75, 3.05) is 33.0 Å². The molecule has 0 aliphatic carbocycles. The molecule has 14 heteroatoms. The molecule has 11 unspecified atom stereocenters. The van der Waals surface area contributed by atoms with Crippen LogP contribution in [0.5, 0.6) is 0 Å². The molecule has 11 atom stereocenters. The van der Waals surface area contributed by atoms with E-state index in [2.05, 4.69) is 38.2 Å². The Bertz CT molecular complexity index is 1110. The molecule has 0 bridgehead atoms. The molecule has 2 saturated heterocycles. The van der Waals surface area contributed by atoms with Gasteiger partial charge in [-0.2, -0.15) is 0 Å². The Morgan fingerprint density at radius 1 is 0.541 bits per heavy atom. The minimum atomic E-state index is -1.70. The molecule has 0 spiro atoms. The first-order valence-corrected chi connectivity index (χ1v) is 23.9. The fraction of sp³-hybridized carbons (Fsp3) is 0.894. The number of rotatable bonds is 37. The van der Waals surface area contributed by atoms with Crippen molar-refractivity contribution < 1.29 is 69.0 Å². The van der Waals surface area contributed by atoms with Crippen molar-refractivity contribution in [3.05, 3.63) is 24.3 Å². The zero-order valence-electron chi connectivity index (χ0n) is 37.7. The van der Waals surface area contributed by atoms with E-state index < -0.39 is 80.7 Å². The van der Waals surface area contributed by atoms with E-state index in [0.29, 0.717) is 13.0 Å². The van der Waals surface area contributed by atoms with Crippen molar-refractivity contribution in [1.29, 1.82) is 0 Å². The third-order valence-electron chi connectivity index (χ3n) is 11.5. The van der Waals surface area contributed by atoms with Gasteiger partial charge in [-0.15, -0.1) is 0 Å². The van der Waals surface area contributed by atoms with Crippen LogP contribution in [0, 0.1) is 0 Å². The molecule has 2 heterocycles. The largest absolute Gasteiger partial charge is 0.457 e. The van der Waals surface area contributed by atoms with Crippen LogP contribution >= 0.6 is 0 Å². The summed E-state index contributed by atoms with van der Waals surface area (Å²) in [6.07, 6.45) is 20.2. The van der Waals surface area contributed by atoms with Gasteiger partial charge < -0.3 is 64.2 Å². The van der Waals surface area contributed by atoms with Gasteiger partial charge in [0, 0.05) is 13.0 Å². The topological polar surface area (TPSA) is 214 Å². The molecular weight excluding hydrogens is 789 g/mol. The first-order valence-electron chi connectivity index (χ1n) is 23.9. The monoisotopic (exact) mass is 875 g/mol. The van der Waals surface area contributed by atoms with Gasteiger partial charge in [-0.3, -0.25) is 4.79 Å². The fourth-order valence-electron chi connectivity index (χ4n) is 7.49. The maximum atomic E-state index is 12.7. The second-order valence-electron chi connectivity index (χ2n) is 16.9. The summed E-state index contributed by atoms with van der Waals surface area (Å²) >= 11 is 0. The van der Waals surface area contributed by atoms with Crippen LogP contribution in [0.3, 0.4) is 0 Å². The van der Waals surface area contributed by atoms with Crippen LogP contribution in [0.4, 0.5) is 0 Å². The highest BCUT2D eigenvalue weighted by Gasteiger charge is 2.47. The van der Waals surface area contributed by atoms with Gasteiger partial charge >= 0.3 is 5.97 Å². The van der Waals surface area contributed by atoms with Crippen molar-refractivity contribution in [3.63, 3.8) is 0 Å². The summed E-state index contributed by atoms with van der Waals surface area (Å²) in [6.45, 7) is 3.57. The smallest absolute Gasteiger partial charge is 0.306 e. The number of unbranched alkanes of at least 4 members (excludes halogenated alkanes) is 19. The van der Waals surface area contributed by atoms with Crippen molar-refractivity contribution in [1.82, 2.24) is 0 Å². The third-order valence-corrected chi connectivity index (χ3v) is 11.5. The molecule has 2 rings (SSSR count). The third kappa shape index (κ3) is 24.4. The highest BCUT2D eigenvalue weighted by Crippen LogP contribution is 2.26. The van der Waals surface area contributed by atoms with E-state index in [-0.39, 0.29) is 25.6 Å². The van der Waals surface area contributed by atoms with E-state index in [0.717, 1.165) is 51.4 Å². The first kappa shape index (κ1) is 55.6. The molecule has 61 heavy (non-hydrogen) atoms. The summed E-state index contributed by atoms with van der Waals surface area (Å²) in [7, 11) is 0. The molecule has 0 saturated carbocycles. The van der Waals surface area contributed by atoms with E-state index in [1.807, 2.05) is 0 Å². The summed E-state index contributed by atoms with van der Waals surface area (Å²) in [5.41, 5.74) is 0. The average molecular weight is 875 g/mol. The molecule has 0 aromatic carbocycles. The van der Waals surface area contributed by atoms with Crippen LogP contribution in [0.1, 0.15) is 168 Å². The molecule has 0 radical (unpaired) electrons. The standard InChI is InChI=1S/C47H86O14/c1-3-5-7-9-10-11-12-13-14-15-16-17-18-19-20-21-22-23-24-25-27-29-31-56-33-36(59-39(49)30-28-26-8-6-4-2)34-57-46-45(55)43(53)41(51)38(61-46)35-58-47-44(54)42(52)40(50)37(32-48)60-47/h12-13,15-16,36-38,40-48,50-55H,3-11,14,17-35H2,1-2H3/b13-12-,16-15-. The van der Waals surface area contributed by atoms with Gasteiger partial charge in [-0.05, 0) is 44.9 Å². The first-order chi connectivity index (χ1) is 29.6. The number of aliphatic hydroxyl groups excluding tert-OH is 7. The normalized spacial score (nSPS) is 27.6. The summed E-state index contributed by atoms with van der Waals surface area (Å²) in [5, 5.41) is 71.7. The highest BCUT2D eigenvalue weighted by molar-refractivity contribution is 5.69. The summed E-state index contributed by atoms with van der Waals surface area (Å²) in [5.74, 6) is -0.390. The van der Waals surface area contributed by atoms with E-state index in [1.54, 1.807) is 0 Å². The van der Waals surface area contributed by atoms with Gasteiger partial charge in [0.2, 0.25) is 0 Å². The number of carbonyl (C=O) groups excluding carboxylic acids is 1. The van der Waals surface area contributed by atoms with Gasteiger partial charge in [-0.25, -0.2) is 0 Å². The number of esters is 1. The van der Waals surface area contributed by atoms with Gasteiger partial charge in [0.25, 0.3) is 0 Å². The highest BCUT2D eigenvalue weighted by atomic mass is 16.7. The van der Waals surface area contributed by atoms with E-state index in [4.69, 9.17) is 28.4 Å². The Hall–Kier alpha value is -1.53. The Morgan fingerprint density at radius 3 is 1.57 bits per heavy atom. The van der Waals surface area contributed by atoms with Gasteiger partial charge in [0.05, 0.1) is 26.4 Å². The molecule has 2 aliphatic rings. The molecule has 358 valence electrons. The van der Waals surface area contributed by atoms with Crippen molar-refractivity contribution in [2.45, 2.75) is 235 Å². The van der Waals surface area contributed by atoms with Crippen LogP contribution in [-0.4, -0.2) is 142 Å². The maximum Gasteiger partial charge on any atom is 0.306 e. The lowest BCUT2D eigenvalue weighted by Gasteiger charge is -2.42. The molecule has 14 nitrogen and oxygen atoms in total. The zero-order valence-corrected chi connectivity index (χ0v) is 37.7. The summed E-state index contributed by atoms with van der Waals surface area (Å²) < 4.78 is 34.0. The lowest BCUT2D eigenvalue weighted by atomic mass is 9.98. The van der Waals surface area contributed by atoms with E-state index in [1.165, 1.54) is 89.9 Å². The van der Waals surface area contributed by atoms with Gasteiger partial charge in [0.1, 0.15) is 54.9 Å². The second kappa shape index (κ2) is 35.8. The predicted octanol–water partition coefficient (Wildman–Crippen LogP) is 6.07. The van der Waals surface area contributed by atoms with Crippen LogP contribution in [0.15, 0.2) is 24.3 Å². The average Bonchev–Trinajstić information content (AvgIpc) is 3.25. The van der Waals surface area contributed by atoms with Crippen molar-refractivity contribution in [3.8, 4) is 0 Å². The maximum absolute atomic E-state index is 12.7. The van der Waals surface area contributed by atoms with Crippen molar-refractivity contribution >= 4 is 5.97 Å². The molecule has 2 fully saturated rings. The number of allylic oxidation sites excluding steroid dienone is 4. The zero-order chi connectivity index (χ0) is 44.5. The summed E-state index contributed by atoms with van der Waals surface area (Å²) in [6, 6.07) is 0. The number of hydrogen-bond acceptors (Lipinski definition) is 14. The fourth-order valence-corrected chi connectivity index (χ4v) is 7.49. The lowest BCUT2D eigenvalue weighted by Crippen LogP contribution is -2.61. The van der Waals surface area contributed by atoms with E-state index >= 15 is 0 Å². The Kier molecular flexibility index (Phi) is 32.6. The molecule has 0 aromatic rings. The van der Waals surface area contributed by atoms with Crippen LogP contribution in [0.25, 0.3) is 0 Å². The summed E-state index contributed by atoms with van der Waals surface area (Å²) in [4.78, 5) is 12.7. The van der Waals surface area contributed by atoms with Crippen LogP contribution in [-0.2, 0) is 33.2 Å². The Morgan fingerprint density at radius 2 is 1.02 bits per heavy atom. The van der Waals surface area contributed by atoms with Crippen LogP contribution in [0.2, 0.25) is 0 Å². The molecular formula is C47H86O14. The number of ether oxygens (including phenoxy) is 6. The Balaban J connectivity index is 1.67. The number of hydrogen-bond donors (Lipinski definition) is 7. The minimum absolute atomic E-state index is 0.0608. The predicted molar refractivity (Wildman–Crippen MR) is 233 cm³/mol. The van der Waals surface area contributed by atoms with Crippen LogP contribution < -0.4 is 0 Å². The molecule has 0 amide bonds. The SMILES string of the molecule is CCCCCCC/C=C\C/C=C\CCCCCCCCCCCCOCC(COC1OC(COC2OC(CO)C(O)C(O)C2O)C(O)C(O)C1O)OC(=O)CCCCCCC. The molecule has 7 N–H and O–H groups in total. The lowest BCUT2D eigenvalue weighted by molar-refractivity contribution is -0.332. The van der Waals surface area contributed by atoms with Gasteiger partial charge in [0.15, 0.2) is 12.6 Å².